The van der Waals surface area contributed by atoms with E-state index in [1.54, 1.807) is 17.5 Å². The maximum absolute atomic E-state index is 13.5. The number of imide groups is 1. The first-order chi connectivity index (χ1) is 16.6. The number of rotatable bonds is 4. The molecule has 0 saturated carbocycles. The van der Waals surface area contributed by atoms with E-state index >= 15 is 0 Å². The Kier molecular flexibility index (Phi) is 5.98. The minimum atomic E-state index is -1.32. The number of fused-ring (bicyclic) bond motifs is 1. The van der Waals surface area contributed by atoms with Gasteiger partial charge in [-0.25, -0.2) is 0 Å². The summed E-state index contributed by atoms with van der Waals surface area (Å²) in [5.41, 5.74) is -0.954. The highest BCUT2D eigenvalue weighted by molar-refractivity contribution is 7.10. The van der Waals surface area contributed by atoms with Crippen LogP contribution in [-0.4, -0.2) is 33.6 Å². The van der Waals surface area contributed by atoms with E-state index in [0.717, 1.165) is 15.9 Å². The molecule has 2 aromatic carbocycles. The van der Waals surface area contributed by atoms with Crippen molar-refractivity contribution in [2.75, 3.05) is 4.90 Å². The monoisotopic (exact) mass is 589 g/mol. The molecule has 0 aliphatic carbocycles. The zero-order valence-corrected chi connectivity index (χ0v) is 21.4. The number of halogens is 5. The van der Waals surface area contributed by atoms with E-state index in [9.17, 15) is 24.5 Å². The molecule has 1 saturated heterocycles. The Bertz CT molecular complexity index is 1430. The molecule has 0 radical (unpaired) electrons. The average Bonchev–Trinajstić information content (AvgIpc) is 3.43. The molecule has 1 aromatic heterocycles. The summed E-state index contributed by atoms with van der Waals surface area (Å²) < 4.78 is 0. The maximum atomic E-state index is 13.5. The highest BCUT2D eigenvalue weighted by Crippen LogP contribution is 2.51. The van der Waals surface area contributed by atoms with Crippen molar-refractivity contribution in [3.63, 3.8) is 0 Å². The first kappa shape index (κ1) is 24.3. The van der Waals surface area contributed by atoms with E-state index in [0.29, 0.717) is 4.88 Å². The number of hydrogen-bond donors (Lipinski definition) is 0. The number of carbonyl (C=O) groups is 3. The number of hydrogen-bond acceptors (Lipinski definition) is 6. The lowest BCUT2D eigenvalue weighted by molar-refractivity contribution is -0.384. The Morgan fingerprint density at radius 1 is 0.829 bits per heavy atom. The van der Waals surface area contributed by atoms with Gasteiger partial charge in [0.05, 0.1) is 36.1 Å². The third kappa shape index (κ3) is 3.45. The van der Waals surface area contributed by atoms with Crippen LogP contribution in [0.5, 0.6) is 0 Å². The Labute approximate surface area is 225 Å². The molecule has 0 unspecified atom stereocenters. The summed E-state index contributed by atoms with van der Waals surface area (Å²) in [6, 6.07) is 5.04. The van der Waals surface area contributed by atoms with Gasteiger partial charge in [-0.05, 0) is 23.6 Å². The van der Waals surface area contributed by atoms with Gasteiger partial charge < -0.3 is 0 Å². The Hall–Kier alpha value is -2.40. The molecule has 2 aliphatic heterocycles. The van der Waals surface area contributed by atoms with Crippen molar-refractivity contribution in [1.29, 1.82) is 0 Å². The summed E-state index contributed by atoms with van der Waals surface area (Å²) in [6.07, 6.45) is 0. The van der Waals surface area contributed by atoms with Gasteiger partial charge in [0.1, 0.15) is 17.8 Å². The average molecular weight is 592 g/mol. The first-order valence-electron chi connectivity index (χ1n) is 9.60. The minimum absolute atomic E-state index is 0.0298. The zero-order valence-electron chi connectivity index (χ0n) is 16.8. The van der Waals surface area contributed by atoms with E-state index in [2.05, 4.69) is 0 Å². The predicted molar refractivity (Wildman–Crippen MR) is 133 cm³/mol. The van der Waals surface area contributed by atoms with Crippen LogP contribution in [0.25, 0.3) is 0 Å². The number of nitro benzene ring substituents is 1. The SMILES string of the molecule is O=C1c2c(Cl)c(Cl)c(Cl)c(Cl)c2C(=O)N1[C@@H]1C(=O)N(c2ccc(Cl)cc2[N+](=O)[O-])[C@@H]1c1cccs1. The molecule has 178 valence electrons. The van der Waals surface area contributed by atoms with Crippen LogP contribution < -0.4 is 4.90 Å². The summed E-state index contributed by atoms with van der Waals surface area (Å²) in [5, 5.41) is 12.6. The van der Waals surface area contributed by atoms with Crippen molar-refractivity contribution in [1.82, 2.24) is 4.90 Å². The maximum Gasteiger partial charge on any atom is 0.294 e. The molecule has 0 spiro atoms. The van der Waals surface area contributed by atoms with Crippen LogP contribution in [0.15, 0.2) is 35.7 Å². The van der Waals surface area contributed by atoms with Gasteiger partial charge >= 0.3 is 0 Å². The van der Waals surface area contributed by atoms with Gasteiger partial charge in [-0.3, -0.25) is 34.3 Å². The standard InChI is InChI=1S/C21H8Cl5N3O5S/c22-7-3-4-8(9(6-7)29(33)34)27-17(10-2-1-5-35-10)18(21(27)32)28-19(30)11-12(20(28)31)14(24)16(26)15(25)13(11)23/h1-6,17-18H/t17-,18+/m1/s1. The van der Waals surface area contributed by atoms with Gasteiger partial charge in [0.2, 0.25) is 0 Å². The van der Waals surface area contributed by atoms with E-state index < -0.39 is 40.4 Å². The van der Waals surface area contributed by atoms with Crippen LogP contribution in [0.2, 0.25) is 25.1 Å². The summed E-state index contributed by atoms with van der Waals surface area (Å²) in [5.74, 6) is -2.46. The third-order valence-corrected chi connectivity index (χ3v) is 8.69. The first-order valence-corrected chi connectivity index (χ1v) is 12.4. The number of amides is 3. The van der Waals surface area contributed by atoms with Crippen molar-refractivity contribution in [3.05, 3.63) is 86.9 Å². The second-order valence-corrected chi connectivity index (χ2v) is 10.4. The van der Waals surface area contributed by atoms with Crippen LogP contribution >= 0.6 is 69.3 Å². The molecule has 5 rings (SSSR count). The lowest BCUT2D eigenvalue weighted by Crippen LogP contribution is -2.67. The summed E-state index contributed by atoms with van der Waals surface area (Å²) in [7, 11) is 0. The van der Waals surface area contributed by atoms with Gasteiger partial charge in [-0.1, -0.05) is 64.1 Å². The second-order valence-electron chi connectivity index (χ2n) is 7.49. The number of thiophene rings is 1. The largest absolute Gasteiger partial charge is 0.294 e. The highest BCUT2D eigenvalue weighted by atomic mass is 35.5. The molecule has 3 heterocycles. The highest BCUT2D eigenvalue weighted by Gasteiger charge is 2.59. The number of nitro groups is 1. The zero-order chi connectivity index (χ0) is 25.3. The smallest absolute Gasteiger partial charge is 0.293 e. The number of β-lactam (4-membered cyclic amide) rings is 1. The molecule has 3 aromatic rings. The van der Waals surface area contributed by atoms with Crippen molar-refractivity contribution in [2.24, 2.45) is 0 Å². The Morgan fingerprint density at radius 3 is 1.94 bits per heavy atom. The van der Waals surface area contributed by atoms with Crippen LogP contribution in [-0.2, 0) is 4.79 Å². The topological polar surface area (TPSA) is 101 Å². The fourth-order valence-electron chi connectivity index (χ4n) is 4.20. The predicted octanol–water partition coefficient (Wildman–Crippen LogP) is 6.68. The number of anilines is 1. The van der Waals surface area contributed by atoms with Crippen molar-refractivity contribution >= 4 is 98.4 Å². The van der Waals surface area contributed by atoms with Crippen LogP contribution in [0.1, 0.15) is 31.6 Å². The lowest BCUT2D eigenvalue weighted by atomic mass is 9.90. The van der Waals surface area contributed by atoms with Gasteiger partial charge in [-0.15, -0.1) is 11.3 Å². The van der Waals surface area contributed by atoms with Crippen LogP contribution in [0.3, 0.4) is 0 Å². The van der Waals surface area contributed by atoms with E-state index in [1.807, 2.05) is 0 Å². The van der Waals surface area contributed by atoms with Gasteiger partial charge in [0.25, 0.3) is 23.4 Å². The van der Waals surface area contributed by atoms with Crippen molar-refractivity contribution in [2.45, 2.75) is 12.1 Å². The fraction of sp³-hybridized carbons (Fsp3) is 0.0952. The quantitative estimate of drug-likeness (QED) is 0.0842. The molecule has 35 heavy (non-hydrogen) atoms. The van der Waals surface area contributed by atoms with Crippen molar-refractivity contribution in [3.8, 4) is 0 Å². The van der Waals surface area contributed by atoms with Crippen molar-refractivity contribution < 1.29 is 19.3 Å². The number of benzene rings is 2. The van der Waals surface area contributed by atoms with E-state index in [1.165, 1.54) is 23.5 Å². The molecular weight excluding hydrogens is 584 g/mol. The number of nitrogens with zero attached hydrogens (tertiary/aromatic N) is 3. The molecule has 3 amide bonds. The molecule has 1 fully saturated rings. The molecule has 2 aliphatic rings. The molecule has 0 bridgehead atoms. The molecule has 2 atom stereocenters. The van der Waals surface area contributed by atoms with Gasteiger partial charge in [0, 0.05) is 16.0 Å². The third-order valence-electron chi connectivity index (χ3n) is 5.71. The Balaban J connectivity index is 1.64. The summed E-state index contributed by atoms with van der Waals surface area (Å²) in [6.45, 7) is 0. The molecular formula is C21H8Cl5N3O5S. The molecule has 14 heteroatoms. The lowest BCUT2D eigenvalue weighted by Gasteiger charge is -2.48. The number of carbonyl (C=O) groups excluding carboxylic acids is 3. The van der Waals surface area contributed by atoms with Gasteiger partial charge in [0.15, 0.2) is 0 Å². The molecule has 8 nitrogen and oxygen atoms in total. The van der Waals surface area contributed by atoms with Crippen LogP contribution in [0.4, 0.5) is 11.4 Å². The summed E-state index contributed by atoms with van der Waals surface area (Å²) in [4.78, 5) is 53.7. The van der Waals surface area contributed by atoms with Gasteiger partial charge in [-0.2, -0.15) is 0 Å². The Morgan fingerprint density at radius 2 is 1.43 bits per heavy atom. The second kappa shape index (κ2) is 8.62. The fourth-order valence-corrected chi connectivity index (χ4v) is 6.23. The van der Waals surface area contributed by atoms with E-state index in [4.69, 9.17) is 58.0 Å². The van der Waals surface area contributed by atoms with Crippen LogP contribution in [0, 0.1) is 10.1 Å². The minimum Gasteiger partial charge on any atom is -0.293 e. The normalized spacial score (nSPS) is 19.3. The summed E-state index contributed by atoms with van der Waals surface area (Å²) >= 11 is 31.8. The molecule has 0 N–H and O–H groups in total. The van der Waals surface area contributed by atoms with E-state index in [-0.39, 0.29) is 41.9 Å².